The number of nitrogens with one attached hydrogen (secondary N) is 1. The Bertz CT molecular complexity index is 357. The maximum Gasteiger partial charge on any atom is 0.133 e. The number of hydrogen-bond donors (Lipinski definition) is 1. The molecule has 0 spiro atoms. The average Bonchev–Trinajstić information content (AvgIpc) is 2.40. The summed E-state index contributed by atoms with van der Waals surface area (Å²) in [5.74, 6) is 1.88. The van der Waals surface area contributed by atoms with Crippen LogP contribution in [0.25, 0.3) is 0 Å². The summed E-state index contributed by atoms with van der Waals surface area (Å²) < 4.78 is 0. The smallest absolute Gasteiger partial charge is 0.133 e. The summed E-state index contributed by atoms with van der Waals surface area (Å²) in [4.78, 5) is 7.03. The van der Waals surface area contributed by atoms with E-state index >= 15 is 0 Å². The summed E-state index contributed by atoms with van der Waals surface area (Å²) in [5, 5.41) is 3.51. The van der Waals surface area contributed by atoms with Crippen LogP contribution in [0.5, 0.6) is 0 Å². The Morgan fingerprint density at radius 1 is 1.28 bits per heavy atom. The van der Waals surface area contributed by atoms with E-state index in [1.54, 1.807) is 0 Å². The van der Waals surface area contributed by atoms with E-state index < -0.39 is 0 Å². The van der Waals surface area contributed by atoms with Crippen LogP contribution in [-0.4, -0.2) is 24.6 Å². The van der Waals surface area contributed by atoms with Gasteiger partial charge in [0.1, 0.15) is 5.82 Å². The average molecular weight is 247 g/mol. The van der Waals surface area contributed by atoms with E-state index in [2.05, 4.69) is 35.1 Å². The van der Waals surface area contributed by atoms with Gasteiger partial charge in [0.2, 0.25) is 0 Å². The first kappa shape index (κ1) is 13.3. The minimum Gasteiger partial charge on any atom is -0.356 e. The third-order valence-electron chi connectivity index (χ3n) is 3.39. The molecule has 0 amide bonds. The molecule has 0 bridgehead atoms. The molecule has 0 unspecified atom stereocenters. The fourth-order valence-electron chi connectivity index (χ4n) is 2.45. The fraction of sp³-hybridized carbons (Fsp3) is 0.667. The van der Waals surface area contributed by atoms with Gasteiger partial charge in [-0.05, 0) is 37.8 Å². The second-order valence-corrected chi connectivity index (χ2v) is 5.56. The number of piperidine rings is 1. The van der Waals surface area contributed by atoms with Crippen molar-refractivity contribution in [3.8, 4) is 0 Å². The van der Waals surface area contributed by atoms with Crippen molar-refractivity contribution in [2.75, 3.05) is 24.5 Å². The molecule has 1 aromatic heterocycles. The van der Waals surface area contributed by atoms with Crippen molar-refractivity contribution in [3.63, 3.8) is 0 Å². The van der Waals surface area contributed by atoms with Gasteiger partial charge in [-0.15, -0.1) is 0 Å². The largest absolute Gasteiger partial charge is 0.356 e. The molecule has 0 atom stereocenters. The summed E-state index contributed by atoms with van der Waals surface area (Å²) in [5.41, 5.74) is 1.33. The molecule has 1 aliphatic heterocycles. The number of pyridine rings is 1. The lowest BCUT2D eigenvalue weighted by Gasteiger charge is -2.29. The predicted octanol–water partition coefficient (Wildman–Crippen LogP) is 2.82. The first-order valence-corrected chi connectivity index (χ1v) is 7.17. The lowest BCUT2D eigenvalue weighted by molar-refractivity contribution is 0.545. The molecule has 1 aliphatic rings. The first-order valence-electron chi connectivity index (χ1n) is 7.17. The van der Waals surface area contributed by atoms with E-state index in [0.29, 0.717) is 5.92 Å². The van der Waals surface area contributed by atoms with Gasteiger partial charge in [-0.25, -0.2) is 4.98 Å². The van der Waals surface area contributed by atoms with Crippen molar-refractivity contribution < 1.29 is 0 Å². The number of nitrogens with zero attached hydrogens (tertiary/aromatic N) is 2. The van der Waals surface area contributed by atoms with Gasteiger partial charge in [-0.2, -0.15) is 0 Å². The number of hydrogen-bond acceptors (Lipinski definition) is 3. The van der Waals surface area contributed by atoms with Crippen LogP contribution in [-0.2, 0) is 6.54 Å². The SMILES string of the molecule is CC(C)CNCc1cccnc1N1CCCCC1. The minimum atomic E-state index is 0.695. The zero-order chi connectivity index (χ0) is 12.8. The molecule has 0 aromatic carbocycles. The summed E-state index contributed by atoms with van der Waals surface area (Å²) in [6, 6.07) is 4.24. The Hall–Kier alpha value is -1.09. The van der Waals surface area contributed by atoms with Crippen LogP contribution in [0, 0.1) is 5.92 Å². The van der Waals surface area contributed by atoms with Gasteiger partial charge in [0.05, 0.1) is 0 Å². The standard InChI is InChI=1S/C15H25N3/c1-13(2)11-16-12-14-7-6-8-17-15(14)18-9-4-3-5-10-18/h6-8,13,16H,3-5,9-12H2,1-2H3. The van der Waals surface area contributed by atoms with Crippen molar-refractivity contribution in [3.05, 3.63) is 23.9 Å². The quantitative estimate of drug-likeness (QED) is 0.867. The Kier molecular flexibility index (Phi) is 5.00. The van der Waals surface area contributed by atoms with Crippen molar-refractivity contribution in [1.82, 2.24) is 10.3 Å². The summed E-state index contributed by atoms with van der Waals surface area (Å²) in [6.07, 6.45) is 5.88. The molecule has 0 saturated carbocycles. The van der Waals surface area contributed by atoms with Crippen LogP contribution in [0.2, 0.25) is 0 Å². The summed E-state index contributed by atoms with van der Waals surface area (Å²) >= 11 is 0. The van der Waals surface area contributed by atoms with Crippen molar-refractivity contribution in [2.45, 2.75) is 39.7 Å². The number of anilines is 1. The van der Waals surface area contributed by atoms with Gasteiger partial charge in [0.25, 0.3) is 0 Å². The molecule has 18 heavy (non-hydrogen) atoms. The highest BCUT2D eigenvalue weighted by atomic mass is 15.2. The van der Waals surface area contributed by atoms with Gasteiger partial charge in [0, 0.05) is 31.4 Å². The molecular weight excluding hydrogens is 222 g/mol. The predicted molar refractivity (Wildman–Crippen MR) is 76.8 cm³/mol. The van der Waals surface area contributed by atoms with Crippen LogP contribution in [0.4, 0.5) is 5.82 Å². The highest BCUT2D eigenvalue weighted by Crippen LogP contribution is 2.21. The van der Waals surface area contributed by atoms with Crippen LogP contribution in [0.3, 0.4) is 0 Å². The van der Waals surface area contributed by atoms with E-state index in [1.807, 2.05) is 12.3 Å². The molecule has 1 fully saturated rings. The van der Waals surface area contributed by atoms with E-state index in [1.165, 1.54) is 30.6 Å². The van der Waals surface area contributed by atoms with Crippen LogP contribution in [0.1, 0.15) is 38.7 Å². The van der Waals surface area contributed by atoms with Crippen LogP contribution >= 0.6 is 0 Å². The third kappa shape index (κ3) is 3.70. The molecule has 1 N–H and O–H groups in total. The maximum absolute atomic E-state index is 4.59. The Labute approximate surface area is 111 Å². The van der Waals surface area contributed by atoms with Gasteiger partial charge in [-0.1, -0.05) is 19.9 Å². The molecule has 2 heterocycles. The normalized spacial score (nSPS) is 16.3. The molecule has 2 rings (SSSR count). The van der Waals surface area contributed by atoms with Crippen LogP contribution < -0.4 is 10.2 Å². The minimum absolute atomic E-state index is 0.695. The van der Waals surface area contributed by atoms with Gasteiger partial charge >= 0.3 is 0 Å². The maximum atomic E-state index is 4.59. The molecular formula is C15H25N3. The second-order valence-electron chi connectivity index (χ2n) is 5.56. The lowest BCUT2D eigenvalue weighted by Crippen LogP contribution is -2.32. The molecule has 1 saturated heterocycles. The van der Waals surface area contributed by atoms with E-state index in [0.717, 1.165) is 26.2 Å². The number of aromatic nitrogens is 1. The first-order chi connectivity index (χ1) is 8.77. The van der Waals surface area contributed by atoms with Crippen molar-refractivity contribution in [1.29, 1.82) is 0 Å². The van der Waals surface area contributed by atoms with Crippen molar-refractivity contribution in [2.24, 2.45) is 5.92 Å². The monoisotopic (exact) mass is 247 g/mol. The third-order valence-corrected chi connectivity index (χ3v) is 3.39. The molecule has 0 aliphatic carbocycles. The fourth-order valence-corrected chi connectivity index (χ4v) is 2.45. The molecule has 3 nitrogen and oxygen atoms in total. The van der Waals surface area contributed by atoms with Gasteiger partial charge < -0.3 is 10.2 Å². The summed E-state index contributed by atoms with van der Waals surface area (Å²) in [7, 11) is 0. The lowest BCUT2D eigenvalue weighted by atomic mass is 10.1. The zero-order valence-electron chi connectivity index (χ0n) is 11.7. The molecule has 0 radical (unpaired) electrons. The highest BCUT2D eigenvalue weighted by Gasteiger charge is 2.15. The van der Waals surface area contributed by atoms with Gasteiger partial charge in [-0.3, -0.25) is 0 Å². The molecule has 1 aromatic rings. The summed E-state index contributed by atoms with van der Waals surface area (Å²) in [6.45, 7) is 8.79. The molecule has 100 valence electrons. The highest BCUT2D eigenvalue weighted by molar-refractivity contribution is 5.46. The van der Waals surface area contributed by atoms with E-state index in [4.69, 9.17) is 0 Å². The van der Waals surface area contributed by atoms with E-state index in [9.17, 15) is 0 Å². The Morgan fingerprint density at radius 2 is 2.06 bits per heavy atom. The Balaban J connectivity index is 2.00. The topological polar surface area (TPSA) is 28.2 Å². The van der Waals surface area contributed by atoms with Gasteiger partial charge in [0.15, 0.2) is 0 Å². The van der Waals surface area contributed by atoms with Crippen LogP contribution in [0.15, 0.2) is 18.3 Å². The Morgan fingerprint density at radius 3 is 2.78 bits per heavy atom. The molecule has 3 heteroatoms. The van der Waals surface area contributed by atoms with Crippen molar-refractivity contribution >= 4 is 5.82 Å². The number of rotatable bonds is 5. The zero-order valence-corrected chi connectivity index (χ0v) is 11.7. The van der Waals surface area contributed by atoms with E-state index in [-0.39, 0.29) is 0 Å². The second kappa shape index (κ2) is 6.74.